The number of aliphatic hydroxyl groups is 2. The fourth-order valence-electron chi connectivity index (χ4n) is 1.96. The van der Waals surface area contributed by atoms with Crippen LogP contribution in [0.25, 0.3) is 0 Å². The van der Waals surface area contributed by atoms with E-state index in [1.165, 1.54) is 6.26 Å². The molecule has 0 amide bonds. The molecule has 6 heteroatoms. The van der Waals surface area contributed by atoms with Crippen molar-refractivity contribution in [3.05, 3.63) is 24.2 Å². The summed E-state index contributed by atoms with van der Waals surface area (Å²) < 4.78 is 21.1. The highest BCUT2D eigenvalue weighted by Crippen LogP contribution is 2.34. The number of hydrogen-bond acceptors (Lipinski definition) is 6. The molecule has 1 aromatic rings. The van der Waals surface area contributed by atoms with Crippen LogP contribution >= 0.6 is 0 Å². The molecule has 16 heavy (non-hydrogen) atoms. The van der Waals surface area contributed by atoms with Gasteiger partial charge >= 0.3 is 0 Å². The van der Waals surface area contributed by atoms with Crippen molar-refractivity contribution in [3.63, 3.8) is 0 Å². The monoisotopic (exact) mass is 228 g/mol. The molecular weight excluding hydrogens is 216 g/mol. The maximum absolute atomic E-state index is 9.62. The standard InChI is InChI=1S/C10H12O6/c11-7-8-6(15-9(7)12)4-14-10(16-8)5-2-1-3-13-5/h1-3,6-12H,4H2. The Kier molecular flexibility index (Phi) is 2.45. The van der Waals surface area contributed by atoms with Gasteiger partial charge in [-0.15, -0.1) is 0 Å². The smallest absolute Gasteiger partial charge is 0.217 e. The quantitative estimate of drug-likeness (QED) is 0.691. The predicted molar refractivity (Wildman–Crippen MR) is 49.2 cm³/mol. The molecule has 0 aromatic carbocycles. The van der Waals surface area contributed by atoms with Crippen LogP contribution in [0.1, 0.15) is 12.1 Å². The van der Waals surface area contributed by atoms with Crippen LogP contribution < -0.4 is 0 Å². The minimum Gasteiger partial charge on any atom is -0.464 e. The summed E-state index contributed by atoms with van der Waals surface area (Å²) in [5.74, 6) is 0.534. The van der Waals surface area contributed by atoms with Gasteiger partial charge in [-0.3, -0.25) is 0 Å². The normalized spacial score (nSPS) is 43.2. The van der Waals surface area contributed by atoms with Crippen molar-refractivity contribution >= 4 is 0 Å². The molecule has 0 spiro atoms. The third-order valence-electron chi connectivity index (χ3n) is 2.78. The van der Waals surface area contributed by atoms with Crippen LogP contribution in [-0.2, 0) is 14.2 Å². The molecule has 2 aliphatic heterocycles. The van der Waals surface area contributed by atoms with Gasteiger partial charge in [-0.1, -0.05) is 0 Å². The Bertz CT molecular complexity index is 350. The highest BCUT2D eigenvalue weighted by molar-refractivity contribution is 5.02. The molecular formula is C10H12O6. The summed E-state index contributed by atoms with van der Waals surface area (Å²) in [4.78, 5) is 0. The van der Waals surface area contributed by atoms with Crippen LogP contribution in [0.5, 0.6) is 0 Å². The van der Waals surface area contributed by atoms with Crippen molar-refractivity contribution < 1.29 is 28.8 Å². The third-order valence-corrected chi connectivity index (χ3v) is 2.78. The lowest BCUT2D eigenvalue weighted by molar-refractivity contribution is -0.259. The van der Waals surface area contributed by atoms with E-state index in [-0.39, 0.29) is 6.61 Å². The average Bonchev–Trinajstić information content (AvgIpc) is 2.89. The first-order valence-electron chi connectivity index (χ1n) is 5.08. The minimum atomic E-state index is -1.21. The van der Waals surface area contributed by atoms with Gasteiger partial charge in [0, 0.05) is 0 Å². The van der Waals surface area contributed by atoms with Crippen molar-refractivity contribution in [2.24, 2.45) is 0 Å². The Labute approximate surface area is 91.3 Å². The highest BCUT2D eigenvalue weighted by atomic mass is 16.7. The van der Waals surface area contributed by atoms with Crippen molar-refractivity contribution in [1.29, 1.82) is 0 Å². The summed E-state index contributed by atoms with van der Waals surface area (Å²) in [6.07, 6.45) is -2.42. The fraction of sp³-hybridized carbons (Fsp3) is 0.600. The predicted octanol–water partition coefficient (Wildman–Crippen LogP) is -0.228. The van der Waals surface area contributed by atoms with Crippen molar-refractivity contribution in [2.45, 2.75) is 30.9 Å². The van der Waals surface area contributed by atoms with Gasteiger partial charge in [-0.25, -0.2) is 0 Å². The summed E-state index contributed by atoms with van der Waals surface area (Å²) in [7, 11) is 0. The Balaban J connectivity index is 1.75. The second-order valence-electron chi connectivity index (χ2n) is 3.84. The fourth-order valence-corrected chi connectivity index (χ4v) is 1.96. The molecule has 2 saturated heterocycles. The molecule has 2 N–H and O–H groups in total. The Hall–Kier alpha value is -0.920. The summed E-state index contributed by atoms with van der Waals surface area (Å²) in [6.45, 7) is 0.254. The van der Waals surface area contributed by atoms with E-state index in [9.17, 15) is 10.2 Å². The highest BCUT2D eigenvalue weighted by Gasteiger charge is 2.48. The zero-order valence-corrected chi connectivity index (χ0v) is 8.35. The zero-order valence-electron chi connectivity index (χ0n) is 8.35. The summed E-state index contributed by atoms with van der Waals surface area (Å²) in [5, 5.41) is 18.9. The molecule has 3 heterocycles. The molecule has 0 aliphatic carbocycles. The number of rotatable bonds is 1. The maximum Gasteiger partial charge on any atom is 0.217 e. The number of hydrogen-bond donors (Lipinski definition) is 2. The molecule has 1 aromatic heterocycles. The molecule has 5 atom stereocenters. The SMILES string of the molecule is OC1OC2COC(c3ccco3)OC2C1O. The Morgan fingerprint density at radius 3 is 2.88 bits per heavy atom. The van der Waals surface area contributed by atoms with Gasteiger partial charge in [0.25, 0.3) is 0 Å². The number of fused-ring (bicyclic) bond motifs is 1. The number of ether oxygens (including phenoxy) is 3. The lowest BCUT2D eigenvalue weighted by Gasteiger charge is -2.31. The van der Waals surface area contributed by atoms with Crippen molar-refractivity contribution in [3.8, 4) is 0 Å². The topological polar surface area (TPSA) is 81.3 Å². The van der Waals surface area contributed by atoms with E-state index >= 15 is 0 Å². The number of furan rings is 1. The molecule has 2 aliphatic rings. The molecule has 0 bridgehead atoms. The molecule has 0 saturated carbocycles. The number of aliphatic hydroxyl groups excluding tert-OH is 2. The lowest BCUT2D eigenvalue weighted by Crippen LogP contribution is -2.42. The first-order chi connectivity index (χ1) is 7.75. The van der Waals surface area contributed by atoms with E-state index in [2.05, 4.69) is 0 Å². The Morgan fingerprint density at radius 1 is 1.25 bits per heavy atom. The van der Waals surface area contributed by atoms with Gasteiger partial charge in [-0.2, -0.15) is 0 Å². The molecule has 88 valence electrons. The van der Waals surface area contributed by atoms with Gasteiger partial charge in [-0.05, 0) is 12.1 Å². The van der Waals surface area contributed by atoms with Crippen LogP contribution in [0.2, 0.25) is 0 Å². The van der Waals surface area contributed by atoms with Gasteiger partial charge < -0.3 is 28.8 Å². The molecule has 2 fully saturated rings. The second-order valence-corrected chi connectivity index (χ2v) is 3.84. The largest absolute Gasteiger partial charge is 0.464 e. The van der Waals surface area contributed by atoms with Gasteiger partial charge in [0.05, 0.1) is 12.9 Å². The van der Waals surface area contributed by atoms with Crippen LogP contribution in [-0.4, -0.2) is 41.4 Å². The van der Waals surface area contributed by atoms with Crippen LogP contribution in [0.15, 0.2) is 22.8 Å². The van der Waals surface area contributed by atoms with Crippen LogP contribution in [0, 0.1) is 0 Å². The van der Waals surface area contributed by atoms with Crippen molar-refractivity contribution in [1.82, 2.24) is 0 Å². The molecule has 3 rings (SSSR count). The lowest BCUT2D eigenvalue weighted by atomic mass is 10.1. The first kappa shape index (κ1) is 10.2. The maximum atomic E-state index is 9.62. The van der Waals surface area contributed by atoms with Crippen LogP contribution in [0.4, 0.5) is 0 Å². The Morgan fingerprint density at radius 2 is 2.12 bits per heavy atom. The van der Waals surface area contributed by atoms with Gasteiger partial charge in [0.1, 0.15) is 18.3 Å². The van der Waals surface area contributed by atoms with Crippen molar-refractivity contribution in [2.75, 3.05) is 6.61 Å². The summed E-state index contributed by atoms with van der Waals surface area (Å²) in [6, 6.07) is 3.45. The second kappa shape index (κ2) is 3.83. The van der Waals surface area contributed by atoms with E-state index in [1.54, 1.807) is 12.1 Å². The third kappa shape index (κ3) is 1.55. The van der Waals surface area contributed by atoms with E-state index in [4.69, 9.17) is 18.6 Å². The molecule has 5 unspecified atom stereocenters. The van der Waals surface area contributed by atoms with E-state index < -0.39 is 30.9 Å². The van der Waals surface area contributed by atoms with E-state index in [0.717, 1.165) is 0 Å². The van der Waals surface area contributed by atoms with Crippen LogP contribution in [0.3, 0.4) is 0 Å². The average molecular weight is 228 g/mol. The minimum absolute atomic E-state index is 0.254. The van der Waals surface area contributed by atoms with E-state index in [1.807, 2.05) is 0 Å². The van der Waals surface area contributed by atoms with Gasteiger partial charge in [0.15, 0.2) is 12.1 Å². The summed E-state index contributed by atoms with van der Waals surface area (Å²) in [5.41, 5.74) is 0. The summed E-state index contributed by atoms with van der Waals surface area (Å²) >= 11 is 0. The molecule has 0 radical (unpaired) electrons. The van der Waals surface area contributed by atoms with Gasteiger partial charge in [0.2, 0.25) is 6.29 Å². The zero-order chi connectivity index (χ0) is 11.1. The first-order valence-corrected chi connectivity index (χ1v) is 5.08. The molecule has 6 nitrogen and oxygen atoms in total. The van der Waals surface area contributed by atoms with E-state index in [0.29, 0.717) is 5.76 Å².